The van der Waals surface area contributed by atoms with Crippen molar-refractivity contribution in [2.24, 2.45) is 10.2 Å². The summed E-state index contributed by atoms with van der Waals surface area (Å²) in [6.45, 7) is 0. The first kappa shape index (κ1) is 15.5. The first-order valence-electron chi connectivity index (χ1n) is 6.12. The van der Waals surface area contributed by atoms with Gasteiger partial charge in [-0.15, -0.1) is 11.3 Å². The van der Waals surface area contributed by atoms with E-state index in [0.29, 0.717) is 20.5 Å². The van der Waals surface area contributed by atoms with Gasteiger partial charge >= 0.3 is 11.9 Å². The molecule has 0 spiro atoms. The Morgan fingerprint density at radius 1 is 1.22 bits per heavy atom. The molecule has 7 nitrogen and oxygen atoms in total. The van der Waals surface area contributed by atoms with Crippen LogP contribution in [0, 0.1) is 0 Å². The zero-order valence-electron chi connectivity index (χ0n) is 11.2. The van der Waals surface area contributed by atoms with E-state index in [1.807, 2.05) is 0 Å². The Hall–Kier alpha value is -2.38. The minimum Gasteiger partial charge on any atom is -0.331 e. The number of aromatic nitrogens is 2. The third-order valence-electron chi connectivity index (χ3n) is 2.59. The van der Waals surface area contributed by atoms with Gasteiger partial charge in [-0.1, -0.05) is 23.2 Å². The predicted molar refractivity (Wildman–Crippen MR) is 85.1 cm³/mol. The lowest BCUT2D eigenvalue weighted by atomic mass is 10.2. The van der Waals surface area contributed by atoms with Crippen LogP contribution in [0.15, 0.2) is 50.5 Å². The van der Waals surface area contributed by atoms with Crippen molar-refractivity contribution in [3.63, 3.8) is 0 Å². The molecule has 2 heterocycles. The summed E-state index contributed by atoms with van der Waals surface area (Å²) in [5.74, 6) is -0.393. The maximum atomic E-state index is 11.7. The Bertz CT molecular complexity index is 913. The maximum absolute atomic E-state index is 11.7. The average Bonchev–Trinajstić information content (AvgIpc) is 3.16. The second kappa shape index (κ2) is 6.80. The summed E-state index contributed by atoms with van der Waals surface area (Å²) in [4.78, 5) is 19.8. The number of amides is 1. The Morgan fingerprint density at radius 3 is 2.70 bits per heavy atom. The summed E-state index contributed by atoms with van der Waals surface area (Å²) in [5.41, 5.74) is 0.340. The van der Waals surface area contributed by atoms with Gasteiger partial charge < -0.3 is 4.52 Å². The number of thiophene rings is 1. The molecular weight excluding hydrogens is 361 g/mol. The lowest BCUT2D eigenvalue weighted by Crippen LogP contribution is -1.93. The molecular formula is C13H6Cl2N5O2S+. The molecule has 0 bridgehead atoms. The van der Waals surface area contributed by atoms with Crippen LogP contribution in [0.1, 0.15) is 10.4 Å². The summed E-state index contributed by atoms with van der Waals surface area (Å²) in [6, 6.07) is 7.95. The molecule has 3 aromatic rings. The number of carbonyl (C=O) groups is 1. The summed E-state index contributed by atoms with van der Waals surface area (Å²) in [6.07, 6.45) is 0. The van der Waals surface area contributed by atoms with Crippen LogP contribution >= 0.6 is 34.5 Å². The van der Waals surface area contributed by atoms with Gasteiger partial charge in [0.2, 0.25) is 15.1 Å². The van der Waals surface area contributed by atoms with Gasteiger partial charge in [0.15, 0.2) is 0 Å². The Morgan fingerprint density at radius 2 is 2.00 bits per heavy atom. The SMILES string of the molecule is O=C(N=[N+]=Nc1noc(-c2sccc2Cl)n1)c1ccc(Cl)cc1. The highest BCUT2D eigenvalue weighted by atomic mass is 35.5. The van der Waals surface area contributed by atoms with Crippen molar-refractivity contribution in [3.8, 4) is 10.8 Å². The fraction of sp³-hybridized carbons (Fsp3) is 0. The topological polar surface area (TPSA) is 94.8 Å². The number of hydrogen-bond donors (Lipinski definition) is 0. The van der Waals surface area contributed by atoms with Gasteiger partial charge in [0.05, 0.1) is 5.02 Å². The number of hydrogen-bond acceptors (Lipinski definition) is 6. The Kier molecular flexibility index (Phi) is 4.59. The van der Waals surface area contributed by atoms with Crippen LogP contribution < -0.4 is 4.91 Å². The van der Waals surface area contributed by atoms with E-state index in [-0.39, 0.29) is 11.8 Å². The molecule has 0 aliphatic rings. The smallest absolute Gasteiger partial charge is 0.331 e. The van der Waals surface area contributed by atoms with E-state index in [1.165, 1.54) is 23.5 Å². The molecule has 0 N–H and O–H groups in total. The van der Waals surface area contributed by atoms with E-state index in [0.717, 1.165) is 0 Å². The molecule has 0 saturated carbocycles. The zero-order chi connectivity index (χ0) is 16.2. The molecule has 2 aromatic heterocycles. The van der Waals surface area contributed by atoms with Gasteiger partial charge in [0.1, 0.15) is 4.88 Å². The molecule has 0 aliphatic carbocycles. The normalized spacial score (nSPS) is 10.2. The van der Waals surface area contributed by atoms with Crippen molar-refractivity contribution in [3.05, 3.63) is 51.3 Å². The Labute approximate surface area is 143 Å². The molecule has 0 atom stereocenters. The highest BCUT2D eigenvalue weighted by Crippen LogP contribution is 2.32. The molecule has 23 heavy (non-hydrogen) atoms. The molecule has 114 valence electrons. The maximum Gasteiger partial charge on any atom is 0.374 e. The van der Waals surface area contributed by atoms with Crippen LogP contribution in [0.2, 0.25) is 10.0 Å². The molecule has 1 amide bonds. The van der Waals surface area contributed by atoms with Crippen molar-refractivity contribution in [2.45, 2.75) is 0 Å². The lowest BCUT2D eigenvalue weighted by Gasteiger charge is -1.89. The largest absolute Gasteiger partial charge is 0.374 e. The molecule has 10 heteroatoms. The third kappa shape index (κ3) is 3.69. The third-order valence-corrected chi connectivity index (χ3v) is 4.17. The van der Waals surface area contributed by atoms with Crippen molar-refractivity contribution in [1.29, 1.82) is 0 Å². The van der Waals surface area contributed by atoms with Crippen LogP contribution in [0.25, 0.3) is 10.8 Å². The number of carbonyl (C=O) groups excluding carboxylic acids is 1. The van der Waals surface area contributed by atoms with Crippen LogP contribution in [0.3, 0.4) is 0 Å². The average molecular weight is 367 g/mol. The van der Waals surface area contributed by atoms with Gasteiger partial charge in [-0.25, -0.2) is 0 Å². The van der Waals surface area contributed by atoms with E-state index in [4.69, 9.17) is 27.7 Å². The molecule has 3 rings (SSSR count). The van der Waals surface area contributed by atoms with E-state index in [2.05, 4.69) is 25.3 Å². The van der Waals surface area contributed by atoms with E-state index >= 15 is 0 Å². The monoisotopic (exact) mass is 366 g/mol. The molecule has 0 fully saturated rings. The van der Waals surface area contributed by atoms with Crippen LogP contribution in [-0.4, -0.2) is 16.0 Å². The minimum absolute atomic E-state index is 0.0582. The number of halogens is 2. The fourth-order valence-electron chi connectivity index (χ4n) is 1.55. The van der Waals surface area contributed by atoms with Crippen molar-refractivity contribution >= 4 is 46.4 Å². The summed E-state index contributed by atoms with van der Waals surface area (Å²) >= 11 is 13.1. The molecule has 0 radical (unpaired) electrons. The second-order valence-electron chi connectivity index (χ2n) is 4.10. The predicted octanol–water partition coefficient (Wildman–Crippen LogP) is 4.55. The standard InChI is InChI=1S/C13H6Cl2N5O2S/c14-8-3-1-7(2-4-8)11(21)17-20-18-13-16-12(22-19-13)10-9(15)5-6-23-10/h1-6H/q+1. The van der Waals surface area contributed by atoms with Crippen LogP contribution in [0.5, 0.6) is 0 Å². The first-order chi connectivity index (χ1) is 11.1. The molecule has 0 unspecified atom stereocenters. The van der Waals surface area contributed by atoms with E-state index in [9.17, 15) is 4.79 Å². The van der Waals surface area contributed by atoms with Gasteiger partial charge in [-0.05, 0) is 40.9 Å². The molecule has 0 aliphatic heterocycles. The zero-order valence-corrected chi connectivity index (χ0v) is 13.5. The number of rotatable bonds is 3. The highest BCUT2D eigenvalue weighted by Gasteiger charge is 2.16. The summed E-state index contributed by atoms with van der Waals surface area (Å²) < 4.78 is 5.02. The van der Waals surface area contributed by atoms with E-state index in [1.54, 1.807) is 23.6 Å². The fourth-order valence-corrected chi connectivity index (χ4v) is 2.73. The quantitative estimate of drug-likeness (QED) is 0.501. The van der Waals surface area contributed by atoms with E-state index < -0.39 is 5.91 Å². The molecule has 1 aromatic carbocycles. The lowest BCUT2D eigenvalue weighted by molar-refractivity contribution is 0.0992. The van der Waals surface area contributed by atoms with Gasteiger partial charge in [0.25, 0.3) is 5.89 Å². The second-order valence-corrected chi connectivity index (χ2v) is 5.86. The van der Waals surface area contributed by atoms with Crippen molar-refractivity contribution in [1.82, 2.24) is 15.1 Å². The summed E-state index contributed by atoms with van der Waals surface area (Å²) in [5, 5.41) is 13.5. The van der Waals surface area contributed by atoms with Crippen molar-refractivity contribution < 1.29 is 9.32 Å². The van der Waals surface area contributed by atoms with Gasteiger partial charge in [0, 0.05) is 10.6 Å². The minimum atomic E-state index is -0.560. The van der Waals surface area contributed by atoms with Crippen molar-refractivity contribution in [2.75, 3.05) is 0 Å². The Balaban J connectivity index is 1.75. The highest BCUT2D eigenvalue weighted by molar-refractivity contribution is 7.14. The number of nitrogens with zero attached hydrogens (tertiary/aromatic N) is 5. The number of benzene rings is 1. The van der Waals surface area contributed by atoms with Crippen LogP contribution in [-0.2, 0) is 0 Å². The summed E-state index contributed by atoms with van der Waals surface area (Å²) in [7, 11) is 0. The molecule has 0 saturated heterocycles. The van der Waals surface area contributed by atoms with Gasteiger partial charge in [-0.2, -0.15) is 4.98 Å². The van der Waals surface area contributed by atoms with Gasteiger partial charge in [-0.3, -0.25) is 4.79 Å². The van der Waals surface area contributed by atoms with Crippen LogP contribution in [0.4, 0.5) is 5.95 Å². The first-order valence-corrected chi connectivity index (χ1v) is 7.76.